The van der Waals surface area contributed by atoms with E-state index < -0.39 is 11.7 Å². The summed E-state index contributed by atoms with van der Waals surface area (Å²) >= 11 is 1.48. The molecule has 1 atom stereocenters. The first-order valence-electron chi connectivity index (χ1n) is 6.48. The predicted molar refractivity (Wildman–Crippen MR) is 74.1 cm³/mol. The number of nitrogens with one attached hydrogen (secondary N) is 1. The minimum Gasteiger partial charge on any atom is -0.378 e. The zero-order chi connectivity index (χ0) is 14.9. The van der Waals surface area contributed by atoms with Crippen LogP contribution in [0.1, 0.15) is 16.6 Å². The molecule has 1 unspecified atom stereocenters. The lowest BCUT2D eigenvalue weighted by atomic mass is 10.1. The van der Waals surface area contributed by atoms with E-state index in [9.17, 15) is 13.2 Å². The molecule has 112 valence electrons. The highest BCUT2D eigenvalue weighted by molar-refractivity contribution is 7.10. The van der Waals surface area contributed by atoms with Crippen LogP contribution in [0.4, 0.5) is 13.2 Å². The van der Waals surface area contributed by atoms with Crippen LogP contribution in [0, 0.1) is 0 Å². The van der Waals surface area contributed by atoms with Gasteiger partial charge in [-0.3, -0.25) is 0 Å². The highest BCUT2D eigenvalue weighted by atomic mass is 32.1. The minimum atomic E-state index is -4.31. The third kappa shape index (κ3) is 3.25. The molecule has 0 aliphatic carbocycles. The molecule has 1 saturated heterocycles. The Morgan fingerprint density at radius 2 is 2.00 bits per heavy atom. The first-order chi connectivity index (χ1) is 10.0. The standard InChI is InChI=1S/C14H13F3N2OS/c15-14(16,17)10-3-1-9(2-4-10)12-8-21-13(19-12)11-7-20-6-5-18-11/h1-4,8,11,18H,5-7H2. The van der Waals surface area contributed by atoms with Crippen LogP contribution in [0.5, 0.6) is 0 Å². The molecule has 21 heavy (non-hydrogen) atoms. The molecule has 3 nitrogen and oxygen atoms in total. The van der Waals surface area contributed by atoms with Crippen molar-refractivity contribution in [1.29, 1.82) is 0 Å². The summed E-state index contributed by atoms with van der Waals surface area (Å²) in [5.74, 6) is 0. The average Bonchev–Trinajstić information content (AvgIpc) is 2.97. The van der Waals surface area contributed by atoms with E-state index in [2.05, 4.69) is 10.3 Å². The minimum absolute atomic E-state index is 0.0620. The van der Waals surface area contributed by atoms with Gasteiger partial charge in [-0.2, -0.15) is 13.2 Å². The van der Waals surface area contributed by atoms with Crippen molar-refractivity contribution in [3.05, 3.63) is 40.2 Å². The van der Waals surface area contributed by atoms with Gasteiger partial charge in [-0.25, -0.2) is 4.98 Å². The molecule has 0 bridgehead atoms. The van der Waals surface area contributed by atoms with Gasteiger partial charge >= 0.3 is 6.18 Å². The molecule has 0 radical (unpaired) electrons. The van der Waals surface area contributed by atoms with E-state index in [4.69, 9.17) is 4.74 Å². The predicted octanol–water partition coefficient (Wildman–Crippen LogP) is 3.49. The topological polar surface area (TPSA) is 34.1 Å². The molecule has 2 heterocycles. The molecule has 1 aromatic carbocycles. The van der Waals surface area contributed by atoms with Gasteiger partial charge in [-0.1, -0.05) is 12.1 Å². The first-order valence-corrected chi connectivity index (χ1v) is 7.36. The lowest BCUT2D eigenvalue weighted by molar-refractivity contribution is -0.137. The zero-order valence-electron chi connectivity index (χ0n) is 11.0. The van der Waals surface area contributed by atoms with E-state index >= 15 is 0 Å². The number of aromatic nitrogens is 1. The molecule has 1 aliphatic rings. The highest BCUT2D eigenvalue weighted by Gasteiger charge is 2.30. The van der Waals surface area contributed by atoms with Crippen LogP contribution in [0.15, 0.2) is 29.6 Å². The van der Waals surface area contributed by atoms with Gasteiger partial charge < -0.3 is 10.1 Å². The summed E-state index contributed by atoms with van der Waals surface area (Å²) < 4.78 is 43.0. The quantitative estimate of drug-likeness (QED) is 0.921. The Morgan fingerprint density at radius 1 is 1.24 bits per heavy atom. The van der Waals surface area contributed by atoms with E-state index in [1.165, 1.54) is 23.5 Å². The largest absolute Gasteiger partial charge is 0.416 e. The van der Waals surface area contributed by atoms with Gasteiger partial charge in [0.15, 0.2) is 0 Å². The van der Waals surface area contributed by atoms with Crippen molar-refractivity contribution in [2.45, 2.75) is 12.2 Å². The Labute approximate surface area is 123 Å². The second-order valence-corrected chi connectivity index (χ2v) is 5.62. The van der Waals surface area contributed by atoms with Crippen LogP contribution in [0.2, 0.25) is 0 Å². The van der Waals surface area contributed by atoms with Gasteiger partial charge in [0.2, 0.25) is 0 Å². The Kier molecular flexibility index (Phi) is 3.97. The van der Waals surface area contributed by atoms with Gasteiger partial charge in [0.1, 0.15) is 5.01 Å². The summed E-state index contributed by atoms with van der Waals surface area (Å²) in [6.07, 6.45) is -4.31. The number of halogens is 3. The molecule has 1 aromatic heterocycles. The van der Waals surface area contributed by atoms with Gasteiger partial charge in [0, 0.05) is 17.5 Å². The van der Waals surface area contributed by atoms with Crippen molar-refractivity contribution in [3.63, 3.8) is 0 Å². The molecule has 0 saturated carbocycles. The van der Waals surface area contributed by atoms with Crippen LogP contribution in [-0.4, -0.2) is 24.7 Å². The van der Waals surface area contributed by atoms with E-state index in [1.54, 1.807) is 0 Å². The van der Waals surface area contributed by atoms with Crippen molar-refractivity contribution in [2.75, 3.05) is 19.8 Å². The third-order valence-electron chi connectivity index (χ3n) is 3.25. The smallest absolute Gasteiger partial charge is 0.378 e. The molecule has 7 heteroatoms. The summed E-state index contributed by atoms with van der Waals surface area (Å²) in [5, 5.41) is 6.05. The van der Waals surface area contributed by atoms with E-state index in [0.29, 0.717) is 24.5 Å². The lowest BCUT2D eigenvalue weighted by Gasteiger charge is -2.21. The monoisotopic (exact) mass is 314 g/mol. The van der Waals surface area contributed by atoms with Crippen molar-refractivity contribution in [3.8, 4) is 11.3 Å². The number of nitrogens with zero attached hydrogens (tertiary/aromatic N) is 1. The fourth-order valence-corrected chi connectivity index (χ4v) is 3.02. The average molecular weight is 314 g/mol. The number of hydrogen-bond acceptors (Lipinski definition) is 4. The molecule has 1 N–H and O–H groups in total. The molecular weight excluding hydrogens is 301 g/mol. The maximum Gasteiger partial charge on any atom is 0.416 e. The van der Waals surface area contributed by atoms with Crippen LogP contribution in [-0.2, 0) is 10.9 Å². The fourth-order valence-electron chi connectivity index (χ4n) is 2.13. The van der Waals surface area contributed by atoms with Gasteiger partial charge in [0.05, 0.1) is 30.5 Å². The van der Waals surface area contributed by atoms with Crippen LogP contribution in [0.25, 0.3) is 11.3 Å². The molecule has 1 aliphatic heterocycles. The molecule has 0 amide bonds. The number of alkyl halides is 3. The fraction of sp³-hybridized carbons (Fsp3) is 0.357. The number of rotatable bonds is 2. The number of thiazole rings is 1. The Bertz CT molecular complexity index is 603. The number of hydrogen-bond donors (Lipinski definition) is 1. The van der Waals surface area contributed by atoms with Crippen molar-refractivity contribution >= 4 is 11.3 Å². The highest BCUT2D eigenvalue weighted by Crippen LogP contribution is 2.32. The van der Waals surface area contributed by atoms with E-state index in [-0.39, 0.29) is 6.04 Å². The van der Waals surface area contributed by atoms with Crippen LogP contribution in [0.3, 0.4) is 0 Å². The molecule has 1 fully saturated rings. The van der Waals surface area contributed by atoms with Gasteiger partial charge in [-0.15, -0.1) is 11.3 Å². The van der Waals surface area contributed by atoms with E-state index in [1.807, 2.05) is 5.38 Å². The Balaban J connectivity index is 1.79. The molecule has 0 spiro atoms. The summed E-state index contributed by atoms with van der Waals surface area (Å²) in [5.41, 5.74) is 0.724. The Hall–Kier alpha value is -1.44. The summed E-state index contributed by atoms with van der Waals surface area (Å²) in [6, 6.07) is 5.12. The van der Waals surface area contributed by atoms with Gasteiger partial charge in [0.25, 0.3) is 0 Å². The maximum atomic E-state index is 12.5. The SMILES string of the molecule is FC(F)(F)c1ccc(-c2csc(C3COCCN3)n2)cc1. The maximum absolute atomic E-state index is 12.5. The third-order valence-corrected chi connectivity index (χ3v) is 4.21. The van der Waals surface area contributed by atoms with Crippen LogP contribution >= 0.6 is 11.3 Å². The molecule has 3 rings (SSSR count). The number of ether oxygens (including phenoxy) is 1. The van der Waals surface area contributed by atoms with Crippen molar-refractivity contribution < 1.29 is 17.9 Å². The lowest BCUT2D eigenvalue weighted by Crippen LogP contribution is -2.34. The second-order valence-electron chi connectivity index (χ2n) is 4.73. The Morgan fingerprint density at radius 3 is 2.62 bits per heavy atom. The summed E-state index contributed by atoms with van der Waals surface area (Å²) in [6.45, 7) is 2.04. The second kappa shape index (κ2) is 5.75. The number of morpholine rings is 1. The first kappa shape index (κ1) is 14.5. The number of benzene rings is 1. The summed E-state index contributed by atoms with van der Waals surface area (Å²) in [7, 11) is 0. The molecular formula is C14H13F3N2OS. The van der Waals surface area contributed by atoms with Crippen LogP contribution < -0.4 is 5.32 Å². The molecule has 2 aromatic rings. The zero-order valence-corrected chi connectivity index (χ0v) is 11.8. The van der Waals surface area contributed by atoms with Crippen molar-refractivity contribution in [2.24, 2.45) is 0 Å². The summed E-state index contributed by atoms with van der Waals surface area (Å²) in [4.78, 5) is 4.49. The van der Waals surface area contributed by atoms with E-state index in [0.717, 1.165) is 23.7 Å². The van der Waals surface area contributed by atoms with Gasteiger partial charge in [-0.05, 0) is 12.1 Å². The van der Waals surface area contributed by atoms with Crippen molar-refractivity contribution in [1.82, 2.24) is 10.3 Å². The normalized spacial score (nSPS) is 19.7.